The van der Waals surface area contributed by atoms with Gasteiger partial charge in [-0.3, -0.25) is 14.4 Å². The van der Waals surface area contributed by atoms with Gasteiger partial charge in [-0.25, -0.2) is 18.7 Å². The van der Waals surface area contributed by atoms with E-state index in [1.54, 1.807) is 38.4 Å². The number of nitrogens with one attached hydrogen (secondary N) is 3. The second-order valence-electron chi connectivity index (χ2n) is 14.5. The number of hydrogen-bond acceptors (Lipinski definition) is 12. The maximum absolute atomic E-state index is 14.3. The van der Waals surface area contributed by atoms with Crippen LogP contribution in [0, 0.1) is 11.8 Å². The summed E-state index contributed by atoms with van der Waals surface area (Å²) < 4.78 is 55.0. The Labute approximate surface area is 301 Å². The highest BCUT2D eigenvalue weighted by Gasteiger charge is 2.62. The van der Waals surface area contributed by atoms with Crippen molar-refractivity contribution in [3.8, 4) is 11.6 Å². The maximum Gasteiger partial charge on any atom is 0.408 e. The lowest BCUT2D eigenvalue weighted by molar-refractivity contribution is -0.141. The molecule has 2 saturated heterocycles. The summed E-state index contributed by atoms with van der Waals surface area (Å²) in [5.41, 5.74) is -2.51. The predicted molar refractivity (Wildman–Crippen MR) is 183 cm³/mol. The third-order valence-corrected chi connectivity index (χ3v) is 11.4. The number of carbonyl (C=O) groups excluding carboxylic acids is 4. The van der Waals surface area contributed by atoms with E-state index in [-0.39, 0.29) is 37.8 Å². The van der Waals surface area contributed by atoms with Gasteiger partial charge in [-0.2, -0.15) is 8.42 Å². The Morgan fingerprint density at radius 3 is 2.58 bits per heavy atom. The molecule has 6 atom stereocenters. The van der Waals surface area contributed by atoms with E-state index in [9.17, 15) is 27.6 Å². The van der Waals surface area contributed by atoms with Crippen molar-refractivity contribution in [2.75, 3.05) is 26.9 Å². The fraction of sp³-hybridized carbons (Fsp3) is 0.571. The summed E-state index contributed by atoms with van der Waals surface area (Å²) in [6, 6.07) is 5.09. The third kappa shape index (κ3) is 7.66. The summed E-state index contributed by atoms with van der Waals surface area (Å²) >= 11 is 0. The Hall–Kier alpha value is -4.48. The van der Waals surface area contributed by atoms with Gasteiger partial charge in [0.05, 0.1) is 32.5 Å². The molecular formula is C35H43N5O11S. The van der Waals surface area contributed by atoms with E-state index < -0.39 is 75.5 Å². The van der Waals surface area contributed by atoms with Gasteiger partial charge in [-0.15, -0.1) is 6.58 Å². The summed E-state index contributed by atoms with van der Waals surface area (Å²) in [6.07, 6.45) is 4.25. The molecule has 52 heavy (non-hydrogen) atoms. The van der Waals surface area contributed by atoms with E-state index in [0.29, 0.717) is 49.8 Å². The van der Waals surface area contributed by atoms with E-state index in [1.807, 2.05) is 10.8 Å². The molecule has 280 valence electrons. The van der Waals surface area contributed by atoms with Crippen molar-refractivity contribution in [1.29, 1.82) is 0 Å². The number of nitrogens with zero attached hydrogens (tertiary/aromatic N) is 2. The molecule has 17 heteroatoms. The molecule has 1 aromatic carbocycles. The van der Waals surface area contributed by atoms with E-state index in [1.165, 1.54) is 11.0 Å². The standard InChI is InChI=1S/C35H43N5O11S/c1-4-22-17-35(22,32(43)39-52(45,46)51-34(2)11-12-34)38-29(41)27-16-25(49-30-26-8-7-23(47-3)15-21(26)9-13-36-30)18-40(27)31(42)28(20-5-6-20)37-33(44)50-24-10-14-48-19-24/h4,7-9,13,15,20,22,24-25,27-28H,1,5-6,10-12,14,16-19H2,2-3H3,(H,37,44)(H,38,41)(H,39,43)/t22-,24+,25-,27+,28+,35-/m1/s1. The first-order chi connectivity index (χ1) is 24.8. The van der Waals surface area contributed by atoms with Crippen molar-refractivity contribution in [3.05, 3.63) is 43.1 Å². The van der Waals surface area contributed by atoms with Crippen LogP contribution in [0.3, 0.4) is 0 Å². The number of aromatic nitrogens is 1. The number of benzene rings is 1. The molecule has 5 fully saturated rings. The van der Waals surface area contributed by atoms with Gasteiger partial charge >= 0.3 is 16.4 Å². The number of rotatable bonds is 14. The molecule has 2 aromatic rings. The number of likely N-dealkylation sites (tertiary alicyclic amines) is 1. The van der Waals surface area contributed by atoms with Gasteiger partial charge in [-0.05, 0) is 74.6 Å². The third-order valence-electron chi connectivity index (χ3n) is 10.4. The summed E-state index contributed by atoms with van der Waals surface area (Å²) in [7, 11) is -2.91. The molecule has 4 amide bonds. The Morgan fingerprint density at radius 1 is 1.13 bits per heavy atom. The number of alkyl carbamates (subject to hydrolysis) is 1. The SMILES string of the molecule is C=C[C@@H]1C[C@]1(NC(=O)[C@@H]1C[C@@H](Oc2nccc3cc(OC)ccc23)CN1C(=O)[C@@H](NC(=O)O[C@H]1CCOC1)C1CC1)C(=O)NS(=O)(=O)OC1(C)CC1. The van der Waals surface area contributed by atoms with Gasteiger partial charge in [0.2, 0.25) is 17.7 Å². The van der Waals surface area contributed by atoms with Crippen molar-refractivity contribution in [1.82, 2.24) is 25.2 Å². The number of carbonyl (C=O) groups is 4. The van der Waals surface area contributed by atoms with Gasteiger partial charge in [0.1, 0.15) is 35.6 Å². The Bertz CT molecular complexity index is 1880. The maximum atomic E-state index is 14.3. The summed E-state index contributed by atoms with van der Waals surface area (Å²) in [6.45, 7) is 6.08. The largest absolute Gasteiger partial charge is 0.497 e. The van der Waals surface area contributed by atoms with Crippen molar-refractivity contribution >= 4 is 44.9 Å². The monoisotopic (exact) mass is 741 g/mol. The minimum atomic E-state index is -4.47. The van der Waals surface area contributed by atoms with Crippen LogP contribution in [0.2, 0.25) is 0 Å². The number of amides is 4. The molecule has 1 aromatic heterocycles. The zero-order valence-electron chi connectivity index (χ0n) is 29.0. The molecule has 0 unspecified atom stereocenters. The lowest BCUT2D eigenvalue weighted by atomic mass is 10.1. The quantitative estimate of drug-likeness (QED) is 0.238. The van der Waals surface area contributed by atoms with Crippen LogP contribution < -0.4 is 24.8 Å². The Kier molecular flexibility index (Phi) is 9.54. The van der Waals surface area contributed by atoms with E-state index in [0.717, 1.165) is 5.39 Å². The topological polar surface area (TPSA) is 201 Å². The van der Waals surface area contributed by atoms with Crippen molar-refractivity contribution in [2.45, 2.75) is 87.3 Å². The minimum absolute atomic E-state index is 0.0171. The van der Waals surface area contributed by atoms with Crippen LogP contribution in [0.15, 0.2) is 43.1 Å². The zero-order valence-corrected chi connectivity index (χ0v) is 29.8. The van der Waals surface area contributed by atoms with E-state index in [4.69, 9.17) is 23.1 Å². The van der Waals surface area contributed by atoms with Crippen LogP contribution in [0.5, 0.6) is 11.6 Å². The van der Waals surface area contributed by atoms with Gasteiger partial charge in [-0.1, -0.05) is 6.08 Å². The summed E-state index contributed by atoms with van der Waals surface area (Å²) in [5.74, 6) is -1.97. The lowest BCUT2D eigenvalue weighted by Crippen LogP contribution is -2.58. The van der Waals surface area contributed by atoms with E-state index in [2.05, 4.69) is 22.2 Å². The van der Waals surface area contributed by atoms with Gasteiger partial charge in [0, 0.05) is 30.3 Å². The van der Waals surface area contributed by atoms with Crippen LogP contribution in [-0.4, -0.2) is 104 Å². The Balaban J connectivity index is 1.12. The first-order valence-electron chi connectivity index (χ1n) is 17.5. The summed E-state index contributed by atoms with van der Waals surface area (Å²) in [5, 5.41) is 6.97. The highest BCUT2D eigenvalue weighted by molar-refractivity contribution is 7.85. The smallest absolute Gasteiger partial charge is 0.408 e. The van der Waals surface area contributed by atoms with E-state index >= 15 is 0 Å². The average Bonchev–Trinajstić information content (AvgIpc) is 4.07. The first-order valence-corrected chi connectivity index (χ1v) is 18.9. The van der Waals surface area contributed by atoms with Crippen LogP contribution >= 0.6 is 0 Å². The van der Waals surface area contributed by atoms with Crippen LogP contribution in [0.25, 0.3) is 10.8 Å². The first kappa shape index (κ1) is 35.9. The summed E-state index contributed by atoms with van der Waals surface area (Å²) in [4.78, 5) is 60.7. The molecular weight excluding hydrogens is 698 g/mol. The van der Waals surface area contributed by atoms with Crippen molar-refractivity contribution in [3.63, 3.8) is 0 Å². The number of ether oxygens (including phenoxy) is 4. The number of hydrogen-bond donors (Lipinski definition) is 3. The Morgan fingerprint density at radius 2 is 1.92 bits per heavy atom. The fourth-order valence-corrected chi connectivity index (χ4v) is 8.02. The van der Waals surface area contributed by atoms with Crippen LogP contribution in [0.1, 0.15) is 51.9 Å². The molecule has 3 aliphatic carbocycles. The van der Waals surface area contributed by atoms with Crippen LogP contribution in [0.4, 0.5) is 4.79 Å². The molecule has 5 aliphatic rings. The molecule has 3 saturated carbocycles. The van der Waals surface area contributed by atoms with Gasteiger partial charge in [0.15, 0.2) is 0 Å². The molecule has 16 nitrogen and oxygen atoms in total. The zero-order chi connectivity index (χ0) is 36.8. The number of fused-ring (bicyclic) bond motifs is 1. The second-order valence-corrected chi connectivity index (χ2v) is 15.7. The highest BCUT2D eigenvalue weighted by Crippen LogP contribution is 2.46. The molecule has 3 N–H and O–H groups in total. The number of pyridine rings is 1. The molecule has 0 bridgehead atoms. The molecule has 0 spiro atoms. The highest BCUT2D eigenvalue weighted by atomic mass is 32.2. The lowest BCUT2D eigenvalue weighted by Gasteiger charge is -2.30. The van der Waals surface area contributed by atoms with Gasteiger partial charge in [0.25, 0.3) is 5.91 Å². The number of methoxy groups -OCH3 is 1. The molecule has 2 aliphatic heterocycles. The second kappa shape index (κ2) is 13.8. The van der Waals surface area contributed by atoms with Crippen molar-refractivity contribution in [2.24, 2.45) is 11.8 Å². The molecule has 0 radical (unpaired) electrons. The molecule has 7 rings (SSSR count). The normalized spacial score (nSPS) is 28.0. The van der Waals surface area contributed by atoms with Crippen molar-refractivity contribution < 1.29 is 50.7 Å². The minimum Gasteiger partial charge on any atom is -0.497 e. The average molecular weight is 742 g/mol. The van der Waals surface area contributed by atoms with Crippen LogP contribution in [-0.2, 0) is 38.3 Å². The molecule has 3 heterocycles. The van der Waals surface area contributed by atoms with Gasteiger partial charge < -0.3 is 34.5 Å². The fourth-order valence-electron chi connectivity index (χ4n) is 6.88. The predicted octanol–water partition coefficient (Wildman–Crippen LogP) is 1.88.